The van der Waals surface area contributed by atoms with Gasteiger partial charge >= 0.3 is 6.03 Å². The Kier molecular flexibility index (Phi) is 5.79. The van der Waals surface area contributed by atoms with Crippen LogP contribution in [0.3, 0.4) is 0 Å². The van der Waals surface area contributed by atoms with Crippen molar-refractivity contribution >= 4 is 28.9 Å². The van der Waals surface area contributed by atoms with E-state index in [0.717, 1.165) is 0 Å². The van der Waals surface area contributed by atoms with Gasteiger partial charge in [0.05, 0.1) is 19.1 Å². The van der Waals surface area contributed by atoms with Crippen molar-refractivity contribution < 1.29 is 29.0 Å². The summed E-state index contributed by atoms with van der Waals surface area (Å²) in [4.78, 5) is 36.6. The van der Waals surface area contributed by atoms with Crippen LogP contribution in [0.5, 0.6) is 0 Å². The lowest BCUT2D eigenvalue weighted by molar-refractivity contribution is -0.137. The highest BCUT2D eigenvalue weighted by Crippen LogP contribution is 2.32. The molecule has 1 fully saturated rings. The Labute approximate surface area is 175 Å². The summed E-state index contributed by atoms with van der Waals surface area (Å²) in [6.45, 7) is 2.26. The first-order chi connectivity index (χ1) is 15.0. The second-order valence-corrected chi connectivity index (χ2v) is 6.76. The van der Waals surface area contributed by atoms with E-state index >= 15 is 0 Å². The number of hydrogen-bond donors (Lipinski definition) is 5. The lowest BCUT2D eigenvalue weighted by Crippen LogP contribution is -2.42. The van der Waals surface area contributed by atoms with Gasteiger partial charge in [0.15, 0.2) is 29.3 Å². The molecule has 0 aliphatic carbocycles. The molecule has 13 nitrogen and oxygen atoms in total. The van der Waals surface area contributed by atoms with E-state index in [2.05, 4.69) is 30.9 Å². The Morgan fingerprint density at radius 1 is 1.19 bits per heavy atom. The van der Waals surface area contributed by atoms with E-state index in [1.54, 1.807) is 19.1 Å². The molecule has 4 atom stereocenters. The van der Waals surface area contributed by atoms with Gasteiger partial charge in [-0.3, -0.25) is 14.7 Å². The minimum Gasteiger partial charge on any atom is -0.467 e. The maximum atomic E-state index is 12.2. The number of aromatic nitrogens is 4. The largest absolute Gasteiger partial charge is 0.467 e. The Bertz CT molecular complexity index is 1070. The molecule has 164 valence electrons. The van der Waals surface area contributed by atoms with Gasteiger partial charge in [0.25, 0.3) is 5.91 Å². The summed E-state index contributed by atoms with van der Waals surface area (Å²) in [5, 5.41) is 28.4. The summed E-state index contributed by atoms with van der Waals surface area (Å²) in [6, 6.07) is 2.90. The molecule has 0 saturated carbocycles. The second-order valence-electron chi connectivity index (χ2n) is 6.76. The summed E-state index contributed by atoms with van der Waals surface area (Å²) < 4.78 is 12.1. The van der Waals surface area contributed by atoms with E-state index < -0.39 is 36.5 Å². The fourth-order valence-corrected chi connectivity index (χ4v) is 3.24. The number of amides is 3. The molecular weight excluding hydrogens is 410 g/mol. The molecule has 1 saturated heterocycles. The van der Waals surface area contributed by atoms with Gasteiger partial charge in [-0.15, -0.1) is 0 Å². The van der Waals surface area contributed by atoms with E-state index in [0.29, 0.717) is 12.3 Å². The van der Waals surface area contributed by atoms with Crippen LogP contribution in [0.15, 0.2) is 35.5 Å². The SMILES string of the molecule is CCNC(=O)C1OC(n2cnc3c(NC(=O)NCc4ccco4)ncnc32)C(O)C1O. The van der Waals surface area contributed by atoms with E-state index in [1.807, 2.05) is 0 Å². The first-order valence-electron chi connectivity index (χ1n) is 9.53. The molecule has 1 aliphatic rings. The third-order valence-corrected chi connectivity index (χ3v) is 4.72. The molecule has 0 bridgehead atoms. The molecular formula is C18H21N7O6. The molecule has 31 heavy (non-hydrogen) atoms. The van der Waals surface area contributed by atoms with Crippen molar-refractivity contribution in [1.29, 1.82) is 0 Å². The van der Waals surface area contributed by atoms with Gasteiger partial charge in [-0.05, 0) is 19.1 Å². The molecule has 13 heteroatoms. The summed E-state index contributed by atoms with van der Waals surface area (Å²) in [7, 11) is 0. The number of hydrogen-bond acceptors (Lipinski definition) is 9. The third kappa shape index (κ3) is 4.05. The summed E-state index contributed by atoms with van der Waals surface area (Å²) in [5.74, 6) is 0.181. The van der Waals surface area contributed by atoms with Crippen LogP contribution < -0.4 is 16.0 Å². The summed E-state index contributed by atoms with van der Waals surface area (Å²) in [5.41, 5.74) is 0.478. The van der Waals surface area contributed by atoms with Crippen molar-refractivity contribution in [3.05, 3.63) is 36.8 Å². The third-order valence-electron chi connectivity index (χ3n) is 4.72. The van der Waals surface area contributed by atoms with Crippen molar-refractivity contribution in [3.8, 4) is 0 Å². The molecule has 4 rings (SSSR count). The van der Waals surface area contributed by atoms with Crippen LogP contribution in [0.2, 0.25) is 0 Å². The summed E-state index contributed by atoms with van der Waals surface area (Å²) in [6.07, 6.45) is -1.14. The molecule has 3 aromatic heterocycles. The number of imidazole rings is 1. The first kappa shape index (κ1) is 20.7. The van der Waals surface area contributed by atoms with Crippen molar-refractivity contribution in [3.63, 3.8) is 0 Å². The van der Waals surface area contributed by atoms with Gasteiger partial charge in [-0.25, -0.2) is 19.7 Å². The Morgan fingerprint density at radius 3 is 2.77 bits per heavy atom. The van der Waals surface area contributed by atoms with Crippen LogP contribution in [-0.2, 0) is 16.1 Å². The Balaban J connectivity index is 1.52. The van der Waals surface area contributed by atoms with Crippen LogP contribution in [-0.4, -0.2) is 66.5 Å². The van der Waals surface area contributed by atoms with Gasteiger partial charge in [-0.1, -0.05) is 0 Å². The van der Waals surface area contributed by atoms with Gasteiger partial charge in [-0.2, -0.15) is 0 Å². The average molecular weight is 431 g/mol. The number of likely N-dealkylation sites (N-methyl/N-ethyl adjacent to an activating group) is 1. The van der Waals surface area contributed by atoms with Gasteiger partial charge in [0.1, 0.15) is 24.3 Å². The molecule has 4 unspecified atom stereocenters. The van der Waals surface area contributed by atoms with Gasteiger partial charge in [0, 0.05) is 6.54 Å². The number of aliphatic hydroxyl groups is 2. The number of fused-ring (bicyclic) bond motifs is 1. The smallest absolute Gasteiger partial charge is 0.320 e. The second kappa shape index (κ2) is 8.67. The number of carbonyl (C=O) groups is 2. The monoisotopic (exact) mass is 431 g/mol. The lowest BCUT2D eigenvalue weighted by Gasteiger charge is -2.16. The van der Waals surface area contributed by atoms with Crippen LogP contribution in [0, 0.1) is 0 Å². The average Bonchev–Trinajstić information content (AvgIpc) is 3.48. The quantitative estimate of drug-likeness (QED) is 0.344. The highest BCUT2D eigenvalue weighted by molar-refractivity contribution is 5.95. The molecule has 1 aliphatic heterocycles. The topological polar surface area (TPSA) is 177 Å². The molecule has 3 amide bonds. The van der Waals surface area contributed by atoms with E-state index in [1.165, 1.54) is 23.5 Å². The predicted molar refractivity (Wildman–Crippen MR) is 104 cm³/mol. The van der Waals surface area contributed by atoms with Crippen molar-refractivity contribution in [2.24, 2.45) is 0 Å². The molecule has 0 radical (unpaired) electrons. The van der Waals surface area contributed by atoms with E-state index in [-0.39, 0.29) is 23.5 Å². The Morgan fingerprint density at radius 2 is 2.03 bits per heavy atom. The van der Waals surface area contributed by atoms with Gasteiger partial charge < -0.3 is 30.0 Å². The zero-order valence-corrected chi connectivity index (χ0v) is 16.4. The minimum absolute atomic E-state index is 0.133. The zero-order chi connectivity index (χ0) is 22.0. The number of rotatable bonds is 6. The first-order valence-corrected chi connectivity index (χ1v) is 9.53. The van der Waals surface area contributed by atoms with Crippen LogP contribution in [0.1, 0.15) is 18.9 Å². The number of ether oxygens (including phenoxy) is 1. The van der Waals surface area contributed by atoms with Crippen LogP contribution in [0.4, 0.5) is 10.6 Å². The number of furan rings is 1. The zero-order valence-electron chi connectivity index (χ0n) is 16.4. The number of aliphatic hydroxyl groups excluding tert-OH is 2. The number of nitrogens with zero attached hydrogens (tertiary/aromatic N) is 4. The Hall–Kier alpha value is -3.55. The maximum Gasteiger partial charge on any atom is 0.320 e. The van der Waals surface area contributed by atoms with Crippen molar-refractivity contribution in [2.45, 2.75) is 38.0 Å². The molecule has 0 spiro atoms. The lowest BCUT2D eigenvalue weighted by atomic mass is 10.1. The summed E-state index contributed by atoms with van der Waals surface area (Å²) >= 11 is 0. The number of carbonyl (C=O) groups excluding carboxylic acids is 2. The number of urea groups is 1. The minimum atomic E-state index is -1.43. The van der Waals surface area contributed by atoms with Crippen LogP contribution in [0.25, 0.3) is 11.2 Å². The highest BCUT2D eigenvalue weighted by atomic mass is 16.6. The van der Waals surface area contributed by atoms with Crippen molar-refractivity contribution in [2.75, 3.05) is 11.9 Å². The molecule has 4 heterocycles. The predicted octanol–water partition coefficient (Wildman–Crippen LogP) is -0.504. The standard InChI is InChI=1S/C18H21N7O6/c1-2-19-16(28)13-11(26)12(27)17(31-13)25-8-23-10-14(21-7-22-15(10)25)24-18(29)20-6-9-4-3-5-30-9/h3-5,7-8,11-13,17,26-27H,2,6H2,1H3,(H,19,28)(H2,20,21,22,24,29). The molecule has 0 aromatic carbocycles. The van der Waals surface area contributed by atoms with Crippen molar-refractivity contribution in [1.82, 2.24) is 30.2 Å². The highest BCUT2D eigenvalue weighted by Gasteiger charge is 2.47. The number of nitrogens with one attached hydrogen (secondary N) is 3. The van der Waals surface area contributed by atoms with E-state index in [4.69, 9.17) is 9.15 Å². The normalized spacial score (nSPS) is 23.1. The van der Waals surface area contributed by atoms with Gasteiger partial charge in [0.2, 0.25) is 0 Å². The fraction of sp³-hybridized carbons (Fsp3) is 0.389. The molecule has 5 N–H and O–H groups in total. The number of anilines is 1. The van der Waals surface area contributed by atoms with E-state index in [9.17, 15) is 19.8 Å². The molecule has 3 aromatic rings. The fourth-order valence-electron chi connectivity index (χ4n) is 3.24. The maximum absolute atomic E-state index is 12.2. The van der Waals surface area contributed by atoms with Crippen LogP contribution >= 0.6 is 0 Å².